The van der Waals surface area contributed by atoms with E-state index in [0.29, 0.717) is 25.3 Å². The summed E-state index contributed by atoms with van der Waals surface area (Å²) in [5.74, 6) is -0.247. The second-order valence-electron chi connectivity index (χ2n) is 4.69. The van der Waals surface area contributed by atoms with E-state index in [1.807, 2.05) is 0 Å². The molecule has 1 N–H and O–H groups in total. The van der Waals surface area contributed by atoms with E-state index in [9.17, 15) is 14.9 Å². The van der Waals surface area contributed by atoms with Crippen molar-refractivity contribution in [2.75, 3.05) is 33.3 Å². The summed E-state index contributed by atoms with van der Waals surface area (Å²) in [6.45, 7) is 2.60. The Kier molecular flexibility index (Phi) is 4.65. The maximum Gasteiger partial charge on any atom is 0.270 e. The molecule has 108 valence electrons. The number of non-ortho nitro benzene ring substituents is 1. The molecule has 0 saturated carbocycles. The number of nitrogens with one attached hydrogen (secondary N) is 1. The molecule has 2 rings (SSSR count). The molecule has 0 bridgehead atoms. The predicted octanol–water partition coefficient (Wildman–Crippen LogP) is 0.655. The number of amides is 1. The van der Waals surface area contributed by atoms with Crippen LogP contribution in [-0.4, -0.2) is 55.1 Å². The van der Waals surface area contributed by atoms with E-state index in [4.69, 9.17) is 4.74 Å². The lowest BCUT2D eigenvalue weighted by Gasteiger charge is -2.28. The minimum atomic E-state index is -0.509. The summed E-state index contributed by atoms with van der Waals surface area (Å²) in [6.07, 6.45) is -0.0450. The lowest BCUT2D eigenvalue weighted by Crippen LogP contribution is -2.45. The lowest BCUT2D eigenvalue weighted by molar-refractivity contribution is -0.384. The van der Waals surface area contributed by atoms with Crippen LogP contribution >= 0.6 is 0 Å². The predicted molar refractivity (Wildman–Crippen MR) is 72.7 cm³/mol. The molecule has 0 radical (unpaired) electrons. The summed E-state index contributed by atoms with van der Waals surface area (Å²) < 4.78 is 5.53. The third-order valence-electron chi connectivity index (χ3n) is 3.13. The zero-order valence-corrected chi connectivity index (χ0v) is 11.2. The zero-order valence-electron chi connectivity index (χ0n) is 11.2. The average molecular weight is 279 g/mol. The van der Waals surface area contributed by atoms with Gasteiger partial charge >= 0.3 is 0 Å². The van der Waals surface area contributed by atoms with Crippen LogP contribution in [-0.2, 0) is 4.74 Å². The van der Waals surface area contributed by atoms with E-state index in [2.05, 4.69) is 5.32 Å². The third kappa shape index (κ3) is 3.52. The van der Waals surface area contributed by atoms with Gasteiger partial charge in [-0.25, -0.2) is 0 Å². The number of carbonyl (C=O) groups is 1. The van der Waals surface area contributed by atoms with E-state index in [1.54, 1.807) is 13.1 Å². The molecule has 1 aliphatic rings. The fraction of sp³-hybridized carbons (Fsp3) is 0.462. The number of ether oxygens (including phenoxy) is 1. The Morgan fingerprint density at radius 3 is 3.05 bits per heavy atom. The monoisotopic (exact) mass is 279 g/mol. The molecule has 20 heavy (non-hydrogen) atoms. The quantitative estimate of drug-likeness (QED) is 0.646. The van der Waals surface area contributed by atoms with Gasteiger partial charge in [0.15, 0.2) is 0 Å². The van der Waals surface area contributed by atoms with E-state index < -0.39 is 4.92 Å². The number of benzene rings is 1. The van der Waals surface area contributed by atoms with Crippen LogP contribution < -0.4 is 5.32 Å². The van der Waals surface area contributed by atoms with E-state index in [-0.39, 0.29) is 17.7 Å². The van der Waals surface area contributed by atoms with Crippen molar-refractivity contribution in [2.45, 2.75) is 6.10 Å². The molecule has 1 saturated heterocycles. The molecule has 0 aliphatic carbocycles. The minimum absolute atomic E-state index is 0.0450. The van der Waals surface area contributed by atoms with Gasteiger partial charge in [-0.05, 0) is 6.07 Å². The maximum absolute atomic E-state index is 12.2. The van der Waals surface area contributed by atoms with Crippen LogP contribution in [0.3, 0.4) is 0 Å². The number of hydrogen-bond donors (Lipinski definition) is 1. The van der Waals surface area contributed by atoms with Gasteiger partial charge in [-0.2, -0.15) is 0 Å². The third-order valence-corrected chi connectivity index (χ3v) is 3.13. The van der Waals surface area contributed by atoms with Crippen molar-refractivity contribution in [3.8, 4) is 0 Å². The summed E-state index contributed by atoms with van der Waals surface area (Å²) in [5.41, 5.74) is 0.227. The fourth-order valence-corrected chi connectivity index (χ4v) is 2.10. The molecule has 1 aromatic rings. The first-order valence-corrected chi connectivity index (χ1v) is 6.40. The van der Waals surface area contributed by atoms with Crippen LogP contribution in [0, 0.1) is 10.1 Å². The molecule has 1 unspecified atom stereocenters. The Balaban J connectivity index is 2.02. The summed E-state index contributed by atoms with van der Waals surface area (Å²) in [7, 11) is 1.67. The van der Waals surface area contributed by atoms with E-state index >= 15 is 0 Å². The van der Waals surface area contributed by atoms with E-state index in [1.165, 1.54) is 23.1 Å². The van der Waals surface area contributed by atoms with Crippen LogP contribution in [0.1, 0.15) is 10.4 Å². The molecule has 1 heterocycles. The van der Waals surface area contributed by atoms with E-state index in [0.717, 1.165) is 6.54 Å². The topological polar surface area (TPSA) is 84.7 Å². The van der Waals surface area contributed by atoms with Crippen molar-refractivity contribution < 1.29 is 14.5 Å². The number of rotatable bonds is 4. The van der Waals surface area contributed by atoms with Gasteiger partial charge in [-0.1, -0.05) is 6.07 Å². The Hall–Kier alpha value is -1.99. The molecule has 1 aliphatic heterocycles. The van der Waals surface area contributed by atoms with Crippen molar-refractivity contribution in [3.63, 3.8) is 0 Å². The first-order valence-electron chi connectivity index (χ1n) is 6.40. The average Bonchev–Trinajstić information content (AvgIpc) is 2.47. The summed E-state index contributed by atoms with van der Waals surface area (Å²) in [5, 5.41) is 13.9. The van der Waals surface area contributed by atoms with Gasteiger partial charge < -0.3 is 15.0 Å². The standard InChI is InChI=1S/C13H17N3O4/c1-15(9-12-8-14-5-6-20-12)13(17)10-3-2-4-11(7-10)16(18)19/h2-4,7,12,14H,5-6,8-9H2,1H3. The lowest BCUT2D eigenvalue weighted by atomic mass is 10.1. The molecule has 0 spiro atoms. The number of likely N-dealkylation sites (N-methyl/N-ethyl adjacent to an activating group) is 1. The SMILES string of the molecule is CN(CC1CNCCO1)C(=O)c1cccc([N+](=O)[O-])c1. The largest absolute Gasteiger partial charge is 0.374 e. The Bertz CT molecular complexity index is 500. The van der Waals surface area contributed by atoms with Crippen molar-refractivity contribution in [1.29, 1.82) is 0 Å². The first kappa shape index (κ1) is 14.4. The number of nitrogens with zero attached hydrogens (tertiary/aromatic N) is 2. The second kappa shape index (κ2) is 6.44. The summed E-state index contributed by atoms with van der Waals surface area (Å²) >= 11 is 0. The number of nitro groups is 1. The number of nitro benzene ring substituents is 1. The van der Waals surface area contributed by atoms with Crippen LogP contribution in [0.2, 0.25) is 0 Å². The normalized spacial score (nSPS) is 18.6. The van der Waals surface area contributed by atoms with Crippen LogP contribution in [0.4, 0.5) is 5.69 Å². The van der Waals surface area contributed by atoms with Crippen LogP contribution in [0.5, 0.6) is 0 Å². The van der Waals surface area contributed by atoms with Crippen molar-refractivity contribution in [1.82, 2.24) is 10.2 Å². The van der Waals surface area contributed by atoms with Gasteiger partial charge in [0, 0.05) is 44.4 Å². The second-order valence-corrected chi connectivity index (χ2v) is 4.69. The molecule has 7 nitrogen and oxygen atoms in total. The minimum Gasteiger partial charge on any atom is -0.374 e. The highest BCUT2D eigenvalue weighted by Gasteiger charge is 2.20. The number of carbonyl (C=O) groups excluding carboxylic acids is 1. The highest BCUT2D eigenvalue weighted by Crippen LogP contribution is 2.14. The highest BCUT2D eigenvalue weighted by molar-refractivity contribution is 5.94. The Morgan fingerprint density at radius 2 is 2.40 bits per heavy atom. The molecule has 1 amide bonds. The number of hydrogen-bond acceptors (Lipinski definition) is 5. The Labute approximate surface area is 116 Å². The van der Waals surface area contributed by atoms with Crippen molar-refractivity contribution in [2.24, 2.45) is 0 Å². The molecule has 1 atom stereocenters. The zero-order chi connectivity index (χ0) is 14.5. The van der Waals surface area contributed by atoms with Crippen LogP contribution in [0.25, 0.3) is 0 Å². The first-order chi connectivity index (χ1) is 9.58. The summed E-state index contributed by atoms with van der Waals surface area (Å²) in [4.78, 5) is 24.0. The molecular weight excluding hydrogens is 262 g/mol. The fourth-order valence-electron chi connectivity index (χ4n) is 2.10. The highest BCUT2D eigenvalue weighted by atomic mass is 16.6. The van der Waals surface area contributed by atoms with Crippen molar-refractivity contribution in [3.05, 3.63) is 39.9 Å². The Morgan fingerprint density at radius 1 is 1.60 bits per heavy atom. The smallest absolute Gasteiger partial charge is 0.270 e. The van der Waals surface area contributed by atoms with Gasteiger partial charge in [0.25, 0.3) is 11.6 Å². The number of morpholine rings is 1. The molecule has 7 heteroatoms. The van der Waals surface area contributed by atoms with Gasteiger partial charge in [0.1, 0.15) is 0 Å². The molecule has 1 aromatic carbocycles. The molecular formula is C13H17N3O4. The van der Waals surface area contributed by atoms with Crippen molar-refractivity contribution >= 4 is 11.6 Å². The van der Waals surface area contributed by atoms with Gasteiger partial charge in [-0.15, -0.1) is 0 Å². The van der Waals surface area contributed by atoms with Gasteiger partial charge in [0.05, 0.1) is 17.6 Å². The maximum atomic E-state index is 12.2. The molecule has 0 aromatic heterocycles. The van der Waals surface area contributed by atoms with Gasteiger partial charge in [-0.3, -0.25) is 14.9 Å². The molecule has 1 fully saturated rings. The summed E-state index contributed by atoms with van der Waals surface area (Å²) in [6, 6.07) is 5.74. The van der Waals surface area contributed by atoms with Gasteiger partial charge in [0.2, 0.25) is 0 Å². The van der Waals surface area contributed by atoms with Crippen LogP contribution in [0.15, 0.2) is 24.3 Å².